The highest BCUT2D eigenvalue weighted by molar-refractivity contribution is 4.92. The summed E-state index contributed by atoms with van der Waals surface area (Å²) in [6.45, 7) is 3.56. The molecule has 2 N–H and O–H groups in total. The number of aliphatic hydroxyl groups excluding tert-OH is 1. The highest BCUT2D eigenvalue weighted by Crippen LogP contribution is 2.30. The molecular formula is C13H24N2O. The molecule has 0 radical (unpaired) electrons. The molecule has 0 bridgehead atoms. The van der Waals surface area contributed by atoms with E-state index in [1.54, 1.807) is 0 Å². The van der Waals surface area contributed by atoms with Gasteiger partial charge in [-0.15, -0.1) is 0 Å². The predicted molar refractivity (Wildman–Crippen MR) is 64.4 cm³/mol. The molecule has 3 heteroatoms. The van der Waals surface area contributed by atoms with Crippen molar-refractivity contribution in [2.75, 3.05) is 19.6 Å². The summed E-state index contributed by atoms with van der Waals surface area (Å²) in [7, 11) is 0. The van der Waals surface area contributed by atoms with Gasteiger partial charge in [0.2, 0.25) is 0 Å². The largest absolute Gasteiger partial charge is 0.393 e. The van der Waals surface area contributed by atoms with Crippen LogP contribution in [-0.4, -0.2) is 47.8 Å². The van der Waals surface area contributed by atoms with Crippen molar-refractivity contribution >= 4 is 0 Å². The number of nitrogens with zero attached hydrogens (tertiary/aromatic N) is 1. The van der Waals surface area contributed by atoms with Gasteiger partial charge in [0.1, 0.15) is 0 Å². The molecule has 3 fully saturated rings. The van der Waals surface area contributed by atoms with Gasteiger partial charge < -0.3 is 10.4 Å². The van der Waals surface area contributed by atoms with Gasteiger partial charge in [0.15, 0.2) is 0 Å². The smallest absolute Gasteiger partial charge is 0.0580 e. The second-order valence-electron chi connectivity index (χ2n) is 5.88. The highest BCUT2D eigenvalue weighted by atomic mass is 16.3. The quantitative estimate of drug-likeness (QED) is 0.747. The maximum absolute atomic E-state index is 9.76. The molecule has 92 valence electrons. The summed E-state index contributed by atoms with van der Waals surface area (Å²) in [5, 5.41) is 13.4. The molecule has 3 atom stereocenters. The molecule has 16 heavy (non-hydrogen) atoms. The topological polar surface area (TPSA) is 35.5 Å². The van der Waals surface area contributed by atoms with E-state index in [2.05, 4.69) is 10.2 Å². The maximum atomic E-state index is 9.76. The zero-order valence-corrected chi connectivity index (χ0v) is 10.1. The zero-order valence-electron chi connectivity index (χ0n) is 10.1. The van der Waals surface area contributed by atoms with Crippen LogP contribution in [0.5, 0.6) is 0 Å². The lowest BCUT2D eigenvalue weighted by molar-refractivity contribution is 0.130. The minimum atomic E-state index is -0.0339. The number of hydrogen-bond donors (Lipinski definition) is 2. The summed E-state index contributed by atoms with van der Waals surface area (Å²) in [6, 6.07) is 1.61. The Morgan fingerprint density at radius 3 is 2.69 bits per heavy atom. The third kappa shape index (κ3) is 2.41. The molecule has 3 aliphatic rings. The Bertz CT molecular complexity index is 242. The molecule has 3 nitrogen and oxygen atoms in total. The Labute approximate surface area is 98.2 Å². The molecule has 0 aromatic heterocycles. The van der Waals surface area contributed by atoms with Crippen molar-refractivity contribution in [2.24, 2.45) is 5.92 Å². The van der Waals surface area contributed by atoms with E-state index in [0.717, 1.165) is 19.0 Å². The van der Waals surface area contributed by atoms with E-state index in [9.17, 15) is 5.11 Å². The monoisotopic (exact) mass is 224 g/mol. The van der Waals surface area contributed by atoms with Crippen molar-refractivity contribution in [2.45, 2.75) is 56.7 Å². The maximum Gasteiger partial charge on any atom is 0.0580 e. The second kappa shape index (κ2) is 4.63. The summed E-state index contributed by atoms with van der Waals surface area (Å²) in [4.78, 5) is 2.64. The number of likely N-dealkylation sites (tertiary alicyclic amines) is 1. The molecule has 2 saturated carbocycles. The molecule has 2 aliphatic carbocycles. The van der Waals surface area contributed by atoms with Crippen LogP contribution in [0.1, 0.15) is 38.5 Å². The van der Waals surface area contributed by atoms with Crippen LogP contribution in [0.2, 0.25) is 0 Å². The number of nitrogens with one attached hydrogen (secondary N) is 1. The van der Waals surface area contributed by atoms with Crippen LogP contribution in [0.15, 0.2) is 0 Å². The van der Waals surface area contributed by atoms with Crippen LogP contribution in [0.4, 0.5) is 0 Å². The molecule has 0 spiro atoms. The first-order chi connectivity index (χ1) is 7.83. The van der Waals surface area contributed by atoms with Gasteiger partial charge in [0.05, 0.1) is 6.10 Å². The predicted octanol–water partition coefficient (Wildman–Crippen LogP) is 0.974. The minimum absolute atomic E-state index is 0.0339. The van der Waals surface area contributed by atoms with Crippen molar-refractivity contribution in [3.05, 3.63) is 0 Å². The third-order valence-electron chi connectivity index (χ3n) is 4.57. The first-order valence-electron chi connectivity index (χ1n) is 6.98. The summed E-state index contributed by atoms with van der Waals surface area (Å²) >= 11 is 0. The van der Waals surface area contributed by atoms with Gasteiger partial charge in [-0.2, -0.15) is 0 Å². The zero-order chi connectivity index (χ0) is 11.0. The van der Waals surface area contributed by atoms with Crippen molar-refractivity contribution in [3.8, 4) is 0 Å². The normalized spacial score (nSPS) is 40.7. The first-order valence-corrected chi connectivity index (χ1v) is 6.98. The Hall–Kier alpha value is -0.120. The van der Waals surface area contributed by atoms with E-state index in [0.29, 0.717) is 12.0 Å². The average Bonchev–Trinajstić information content (AvgIpc) is 2.89. The van der Waals surface area contributed by atoms with Gasteiger partial charge in [-0.25, -0.2) is 0 Å². The van der Waals surface area contributed by atoms with Gasteiger partial charge in [-0.1, -0.05) is 6.42 Å². The van der Waals surface area contributed by atoms with Crippen molar-refractivity contribution in [3.63, 3.8) is 0 Å². The third-order valence-corrected chi connectivity index (χ3v) is 4.57. The number of hydrogen-bond acceptors (Lipinski definition) is 3. The number of rotatable bonds is 4. The SMILES string of the molecule is OC1CCCC1CNC1CCN(C2CC2)C1. The van der Waals surface area contributed by atoms with Crippen molar-refractivity contribution in [1.82, 2.24) is 10.2 Å². The Balaban J connectivity index is 1.39. The molecule has 0 aromatic carbocycles. The van der Waals surface area contributed by atoms with Crippen LogP contribution in [-0.2, 0) is 0 Å². The average molecular weight is 224 g/mol. The first kappa shape index (κ1) is 11.0. The van der Waals surface area contributed by atoms with E-state index in [-0.39, 0.29) is 6.10 Å². The lowest BCUT2D eigenvalue weighted by Crippen LogP contribution is -2.37. The van der Waals surface area contributed by atoms with Crippen LogP contribution in [0.3, 0.4) is 0 Å². The molecule has 0 aromatic rings. The van der Waals surface area contributed by atoms with Gasteiger partial charge in [0.25, 0.3) is 0 Å². The molecular weight excluding hydrogens is 200 g/mol. The lowest BCUT2D eigenvalue weighted by atomic mass is 10.1. The molecule has 3 rings (SSSR count). The fourth-order valence-corrected chi connectivity index (χ4v) is 3.30. The lowest BCUT2D eigenvalue weighted by Gasteiger charge is -2.19. The van der Waals surface area contributed by atoms with E-state index >= 15 is 0 Å². The van der Waals surface area contributed by atoms with Crippen LogP contribution in [0, 0.1) is 5.92 Å². The summed E-state index contributed by atoms with van der Waals surface area (Å²) < 4.78 is 0. The Morgan fingerprint density at radius 1 is 1.12 bits per heavy atom. The van der Waals surface area contributed by atoms with E-state index in [1.807, 2.05) is 0 Å². The van der Waals surface area contributed by atoms with Gasteiger partial charge in [0, 0.05) is 31.7 Å². The van der Waals surface area contributed by atoms with Gasteiger partial charge >= 0.3 is 0 Å². The van der Waals surface area contributed by atoms with Gasteiger partial charge in [-0.3, -0.25) is 4.90 Å². The van der Waals surface area contributed by atoms with Crippen LogP contribution < -0.4 is 5.32 Å². The van der Waals surface area contributed by atoms with E-state index < -0.39 is 0 Å². The molecule has 1 heterocycles. The summed E-state index contributed by atoms with van der Waals surface area (Å²) in [6.07, 6.45) is 7.57. The van der Waals surface area contributed by atoms with Crippen molar-refractivity contribution in [1.29, 1.82) is 0 Å². The van der Waals surface area contributed by atoms with Crippen LogP contribution in [0.25, 0.3) is 0 Å². The molecule has 0 amide bonds. The van der Waals surface area contributed by atoms with E-state index in [1.165, 1.54) is 45.2 Å². The minimum Gasteiger partial charge on any atom is -0.393 e. The molecule has 3 unspecified atom stereocenters. The highest BCUT2D eigenvalue weighted by Gasteiger charge is 2.34. The standard InChI is InChI=1S/C13H24N2O/c16-13-3-1-2-10(13)8-14-11-6-7-15(9-11)12-4-5-12/h10-14,16H,1-9H2. The summed E-state index contributed by atoms with van der Waals surface area (Å²) in [5.41, 5.74) is 0. The number of aliphatic hydroxyl groups is 1. The molecule has 1 saturated heterocycles. The van der Waals surface area contributed by atoms with E-state index in [4.69, 9.17) is 0 Å². The Kier molecular flexibility index (Phi) is 3.18. The van der Waals surface area contributed by atoms with Crippen LogP contribution >= 0.6 is 0 Å². The fourth-order valence-electron chi connectivity index (χ4n) is 3.30. The second-order valence-corrected chi connectivity index (χ2v) is 5.88. The summed E-state index contributed by atoms with van der Waals surface area (Å²) in [5.74, 6) is 0.523. The van der Waals surface area contributed by atoms with Crippen molar-refractivity contribution < 1.29 is 5.11 Å². The Morgan fingerprint density at radius 2 is 2.00 bits per heavy atom. The fraction of sp³-hybridized carbons (Fsp3) is 1.00. The molecule has 1 aliphatic heterocycles. The van der Waals surface area contributed by atoms with Gasteiger partial charge in [-0.05, 0) is 38.0 Å².